The summed E-state index contributed by atoms with van der Waals surface area (Å²) < 4.78 is 24.5. The Labute approximate surface area is 87.4 Å². The summed E-state index contributed by atoms with van der Waals surface area (Å²) in [5, 5.41) is 8.87. The van der Waals surface area contributed by atoms with Crippen molar-refractivity contribution in [2.75, 3.05) is 13.3 Å². The number of hydrogen-bond donors (Lipinski definition) is 1. The third-order valence-corrected chi connectivity index (χ3v) is 1.90. The van der Waals surface area contributed by atoms with Gasteiger partial charge in [0.25, 0.3) is 0 Å². The molecule has 0 aliphatic rings. The number of allylic oxidation sites excluding steroid dienone is 4. The van der Waals surface area contributed by atoms with Crippen molar-refractivity contribution in [2.24, 2.45) is 0 Å². The van der Waals surface area contributed by atoms with E-state index >= 15 is 0 Å². The number of rotatable bonds is 4. The molecule has 15 heavy (non-hydrogen) atoms. The van der Waals surface area contributed by atoms with Crippen LogP contribution in [0.1, 0.15) is 5.56 Å². The highest BCUT2D eigenvalue weighted by molar-refractivity contribution is 5.67. The fourth-order valence-corrected chi connectivity index (χ4v) is 1.11. The van der Waals surface area contributed by atoms with Gasteiger partial charge in [-0.3, -0.25) is 0 Å². The van der Waals surface area contributed by atoms with E-state index in [1.165, 1.54) is 12.2 Å². The zero-order valence-electron chi connectivity index (χ0n) is 8.16. The standard InChI is InChI=1S/C12H12F2O/c13-8-11(6-7-12(15)9-14)10-4-2-1-3-5-10/h1-7,15H,8-9H2/b11-6+,12-7+. The summed E-state index contributed by atoms with van der Waals surface area (Å²) in [6.45, 7) is -1.59. The predicted octanol–water partition coefficient (Wildman–Crippen LogP) is 3.45. The molecule has 0 aromatic heterocycles. The average Bonchev–Trinajstić information content (AvgIpc) is 2.31. The summed E-state index contributed by atoms with van der Waals surface area (Å²) in [5.74, 6) is -0.406. The van der Waals surface area contributed by atoms with Crippen LogP contribution in [0.3, 0.4) is 0 Å². The zero-order valence-corrected chi connectivity index (χ0v) is 8.16. The van der Waals surface area contributed by atoms with E-state index in [2.05, 4.69) is 0 Å². The normalized spacial score (nSPS) is 12.9. The molecule has 80 valence electrons. The maximum Gasteiger partial charge on any atom is 0.146 e. The van der Waals surface area contributed by atoms with Gasteiger partial charge in [0.15, 0.2) is 0 Å². The van der Waals surface area contributed by atoms with Crippen LogP contribution >= 0.6 is 0 Å². The molecule has 1 aromatic rings. The topological polar surface area (TPSA) is 20.2 Å². The predicted molar refractivity (Wildman–Crippen MR) is 57.1 cm³/mol. The molecule has 0 unspecified atom stereocenters. The smallest absolute Gasteiger partial charge is 0.146 e. The first-order valence-corrected chi connectivity index (χ1v) is 4.54. The molecule has 1 aromatic carbocycles. The average molecular weight is 210 g/mol. The highest BCUT2D eigenvalue weighted by Crippen LogP contribution is 2.14. The van der Waals surface area contributed by atoms with Crippen molar-refractivity contribution in [1.82, 2.24) is 0 Å². The van der Waals surface area contributed by atoms with Crippen molar-refractivity contribution < 1.29 is 13.9 Å². The number of halogens is 2. The molecule has 0 atom stereocenters. The Morgan fingerprint density at radius 3 is 2.27 bits per heavy atom. The van der Waals surface area contributed by atoms with Crippen molar-refractivity contribution in [3.63, 3.8) is 0 Å². The van der Waals surface area contributed by atoms with E-state index in [9.17, 15) is 8.78 Å². The van der Waals surface area contributed by atoms with Crippen LogP contribution < -0.4 is 0 Å². The van der Waals surface area contributed by atoms with Gasteiger partial charge in [0, 0.05) is 0 Å². The molecule has 0 saturated carbocycles. The fourth-order valence-electron chi connectivity index (χ4n) is 1.11. The van der Waals surface area contributed by atoms with Gasteiger partial charge in [-0.1, -0.05) is 36.4 Å². The van der Waals surface area contributed by atoms with Gasteiger partial charge in [-0.2, -0.15) is 0 Å². The van der Waals surface area contributed by atoms with Crippen molar-refractivity contribution in [2.45, 2.75) is 0 Å². The SMILES string of the molecule is O/C(=C/C=C(\CF)c1ccccc1)CF. The molecule has 1 rings (SSSR count). The molecule has 3 heteroatoms. The lowest BCUT2D eigenvalue weighted by Crippen LogP contribution is -1.87. The Morgan fingerprint density at radius 1 is 1.07 bits per heavy atom. The summed E-state index contributed by atoms with van der Waals surface area (Å²) in [5.41, 5.74) is 1.14. The second kappa shape index (κ2) is 5.96. The maximum absolute atomic E-state index is 12.6. The maximum atomic E-state index is 12.6. The van der Waals surface area contributed by atoms with Gasteiger partial charge < -0.3 is 5.11 Å². The molecule has 0 spiro atoms. The molecule has 0 radical (unpaired) electrons. The van der Waals surface area contributed by atoms with Crippen molar-refractivity contribution in [3.05, 3.63) is 53.8 Å². The third-order valence-electron chi connectivity index (χ3n) is 1.90. The monoisotopic (exact) mass is 210 g/mol. The minimum atomic E-state index is -0.940. The number of alkyl halides is 2. The molecular weight excluding hydrogens is 198 g/mol. The molecule has 1 N–H and O–H groups in total. The van der Waals surface area contributed by atoms with Crippen molar-refractivity contribution in [1.29, 1.82) is 0 Å². The lowest BCUT2D eigenvalue weighted by atomic mass is 10.1. The first-order chi connectivity index (χ1) is 7.27. The van der Waals surface area contributed by atoms with Crippen LogP contribution in [-0.2, 0) is 0 Å². The Balaban J connectivity index is 2.90. The molecule has 0 fully saturated rings. The second-order valence-corrected chi connectivity index (χ2v) is 2.98. The van der Waals surface area contributed by atoms with Gasteiger partial charge in [0.05, 0.1) is 0 Å². The first kappa shape index (κ1) is 11.4. The van der Waals surface area contributed by atoms with Crippen LogP contribution in [0.2, 0.25) is 0 Å². The van der Waals surface area contributed by atoms with Gasteiger partial charge in [0.1, 0.15) is 19.1 Å². The van der Waals surface area contributed by atoms with Gasteiger partial charge in [-0.25, -0.2) is 8.78 Å². The molecular formula is C12H12F2O. The van der Waals surface area contributed by atoms with Gasteiger partial charge in [0.2, 0.25) is 0 Å². The third kappa shape index (κ3) is 3.54. The molecule has 0 amide bonds. The highest BCUT2D eigenvalue weighted by atomic mass is 19.1. The minimum absolute atomic E-state index is 0.406. The fraction of sp³-hybridized carbons (Fsp3) is 0.167. The quantitative estimate of drug-likeness (QED) is 0.596. The van der Waals surface area contributed by atoms with Crippen molar-refractivity contribution >= 4 is 5.57 Å². The Morgan fingerprint density at radius 2 is 1.73 bits per heavy atom. The lowest BCUT2D eigenvalue weighted by Gasteiger charge is -2.01. The Bertz CT molecular complexity index is 355. The van der Waals surface area contributed by atoms with Crippen LogP contribution in [0, 0.1) is 0 Å². The van der Waals surface area contributed by atoms with Crippen LogP contribution in [0.15, 0.2) is 48.2 Å². The van der Waals surface area contributed by atoms with E-state index in [0.717, 1.165) is 5.56 Å². The molecule has 1 nitrogen and oxygen atoms in total. The number of hydrogen-bond acceptors (Lipinski definition) is 1. The number of aliphatic hydroxyl groups excluding tert-OH is 1. The highest BCUT2D eigenvalue weighted by Gasteiger charge is 1.98. The van der Waals surface area contributed by atoms with E-state index in [-0.39, 0.29) is 0 Å². The van der Waals surface area contributed by atoms with Crippen molar-refractivity contribution in [3.8, 4) is 0 Å². The summed E-state index contributed by atoms with van der Waals surface area (Å²) in [7, 11) is 0. The summed E-state index contributed by atoms with van der Waals surface area (Å²) in [6.07, 6.45) is 2.55. The van der Waals surface area contributed by atoms with Crippen LogP contribution in [0.5, 0.6) is 0 Å². The summed E-state index contributed by atoms with van der Waals surface area (Å²) >= 11 is 0. The molecule has 0 bridgehead atoms. The van der Waals surface area contributed by atoms with E-state index in [1.807, 2.05) is 6.07 Å². The summed E-state index contributed by atoms with van der Waals surface area (Å²) in [4.78, 5) is 0. The van der Waals surface area contributed by atoms with Gasteiger partial charge >= 0.3 is 0 Å². The van der Waals surface area contributed by atoms with Crippen LogP contribution in [0.25, 0.3) is 5.57 Å². The van der Waals surface area contributed by atoms with E-state index in [0.29, 0.717) is 5.57 Å². The zero-order chi connectivity index (χ0) is 11.1. The Kier molecular flexibility index (Phi) is 4.54. The first-order valence-electron chi connectivity index (χ1n) is 4.54. The lowest BCUT2D eigenvalue weighted by molar-refractivity contribution is 0.344. The molecule has 0 aliphatic carbocycles. The summed E-state index contributed by atoms with van der Waals surface area (Å²) in [6, 6.07) is 8.92. The van der Waals surface area contributed by atoms with Crippen LogP contribution in [-0.4, -0.2) is 18.5 Å². The number of benzene rings is 1. The van der Waals surface area contributed by atoms with E-state index in [4.69, 9.17) is 5.11 Å². The second-order valence-electron chi connectivity index (χ2n) is 2.98. The van der Waals surface area contributed by atoms with Crippen LogP contribution in [0.4, 0.5) is 8.78 Å². The largest absolute Gasteiger partial charge is 0.510 e. The Hall–Kier alpha value is -1.64. The number of aliphatic hydroxyl groups is 1. The minimum Gasteiger partial charge on any atom is -0.510 e. The van der Waals surface area contributed by atoms with E-state index < -0.39 is 19.1 Å². The molecule has 0 heterocycles. The molecule has 0 saturated heterocycles. The molecule has 0 aliphatic heterocycles. The van der Waals surface area contributed by atoms with E-state index in [1.54, 1.807) is 24.3 Å². The van der Waals surface area contributed by atoms with Gasteiger partial charge in [-0.05, 0) is 17.2 Å². The van der Waals surface area contributed by atoms with Gasteiger partial charge in [-0.15, -0.1) is 0 Å².